The molecular weight excluding hydrogens is 156 g/mol. The van der Waals surface area contributed by atoms with Crippen LogP contribution in [0.4, 0.5) is 0 Å². The molecule has 0 saturated carbocycles. The lowest BCUT2D eigenvalue weighted by Gasteiger charge is -2.06. The van der Waals surface area contributed by atoms with Crippen LogP contribution in [0.2, 0.25) is 0 Å². The Bertz CT molecular complexity index is 319. The fourth-order valence-electron chi connectivity index (χ4n) is 1.29. The van der Waals surface area contributed by atoms with Crippen LogP contribution in [0.25, 0.3) is 0 Å². The average molecular weight is 164 g/mol. The molecule has 1 heterocycles. The molecule has 1 aromatic rings. The molecule has 3 heteroatoms. The molecule has 0 radical (unpaired) electrons. The Balaban J connectivity index is 2.50. The van der Waals surface area contributed by atoms with Crippen molar-refractivity contribution in [1.29, 1.82) is 0 Å². The van der Waals surface area contributed by atoms with Crippen molar-refractivity contribution >= 4 is 5.97 Å². The summed E-state index contributed by atoms with van der Waals surface area (Å²) in [7, 11) is 1.51. The number of esters is 1. The zero-order valence-electron chi connectivity index (χ0n) is 6.61. The van der Waals surface area contributed by atoms with Crippen molar-refractivity contribution in [2.45, 2.75) is 6.29 Å². The van der Waals surface area contributed by atoms with Crippen LogP contribution < -0.4 is 0 Å². The van der Waals surface area contributed by atoms with Crippen molar-refractivity contribution in [3.63, 3.8) is 0 Å². The van der Waals surface area contributed by atoms with E-state index in [1.54, 1.807) is 12.1 Å². The number of methoxy groups -OCH3 is 1. The highest BCUT2D eigenvalue weighted by Gasteiger charge is 2.29. The quantitative estimate of drug-likeness (QED) is 0.590. The second-order valence-electron chi connectivity index (χ2n) is 2.56. The minimum Gasteiger partial charge on any atom is -0.428 e. The van der Waals surface area contributed by atoms with Crippen LogP contribution in [-0.4, -0.2) is 13.1 Å². The van der Waals surface area contributed by atoms with Gasteiger partial charge in [0.15, 0.2) is 0 Å². The van der Waals surface area contributed by atoms with Crippen LogP contribution in [0.5, 0.6) is 0 Å². The minimum atomic E-state index is -0.520. The molecular formula is C9H8O3. The van der Waals surface area contributed by atoms with Gasteiger partial charge in [0.05, 0.1) is 5.56 Å². The molecule has 0 bridgehead atoms. The van der Waals surface area contributed by atoms with Gasteiger partial charge in [-0.1, -0.05) is 18.2 Å². The van der Waals surface area contributed by atoms with Gasteiger partial charge in [-0.05, 0) is 6.07 Å². The third-order valence-corrected chi connectivity index (χ3v) is 1.86. The lowest BCUT2D eigenvalue weighted by atomic mass is 10.1. The molecule has 0 amide bonds. The Kier molecular flexibility index (Phi) is 1.59. The third-order valence-electron chi connectivity index (χ3n) is 1.86. The molecule has 1 aliphatic heterocycles. The van der Waals surface area contributed by atoms with E-state index in [4.69, 9.17) is 9.47 Å². The van der Waals surface area contributed by atoms with Crippen LogP contribution in [-0.2, 0) is 9.47 Å². The van der Waals surface area contributed by atoms with Gasteiger partial charge in [0.1, 0.15) is 0 Å². The summed E-state index contributed by atoms with van der Waals surface area (Å²) in [5.41, 5.74) is 1.41. The summed E-state index contributed by atoms with van der Waals surface area (Å²) in [6.07, 6.45) is -0.520. The molecule has 62 valence electrons. The molecule has 3 nitrogen and oxygen atoms in total. The Morgan fingerprint density at radius 3 is 2.92 bits per heavy atom. The molecule has 0 unspecified atom stereocenters. The fraction of sp³-hybridized carbons (Fsp3) is 0.222. The standard InChI is InChI=1S/C9H8O3/c1-11-9-7-5-3-2-4-6(7)8(10)12-9/h2-5,9H,1H3/t9-/m0/s1. The van der Waals surface area contributed by atoms with Crippen molar-refractivity contribution in [1.82, 2.24) is 0 Å². The molecule has 0 fully saturated rings. The monoisotopic (exact) mass is 164 g/mol. The third kappa shape index (κ3) is 0.905. The van der Waals surface area contributed by atoms with E-state index in [-0.39, 0.29) is 5.97 Å². The van der Waals surface area contributed by atoms with Crippen molar-refractivity contribution in [3.05, 3.63) is 35.4 Å². The fourth-order valence-corrected chi connectivity index (χ4v) is 1.29. The summed E-state index contributed by atoms with van der Waals surface area (Å²) < 4.78 is 9.88. The van der Waals surface area contributed by atoms with E-state index < -0.39 is 6.29 Å². The van der Waals surface area contributed by atoms with Crippen LogP contribution in [0.1, 0.15) is 22.2 Å². The molecule has 0 aromatic heterocycles. The highest BCUT2D eigenvalue weighted by atomic mass is 16.7. The van der Waals surface area contributed by atoms with E-state index in [2.05, 4.69) is 0 Å². The zero-order chi connectivity index (χ0) is 8.55. The van der Waals surface area contributed by atoms with Crippen molar-refractivity contribution < 1.29 is 14.3 Å². The van der Waals surface area contributed by atoms with Crippen LogP contribution >= 0.6 is 0 Å². The summed E-state index contributed by atoms with van der Waals surface area (Å²) in [6.45, 7) is 0. The number of carbonyl (C=O) groups excluding carboxylic acids is 1. The van der Waals surface area contributed by atoms with Gasteiger partial charge in [-0.25, -0.2) is 4.79 Å². The van der Waals surface area contributed by atoms with Gasteiger partial charge in [-0.3, -0.25) is 0 Å². The maximum atomic E-state index is 11.1. The molecule has 1 aromatic carbocycles. The number of rotatable bonds is 1. The van der Waals surface area contributed by atoms with Crippen LogP contribution in [0.3, 0.4) is 0 Å². The number of fused-ring (bicyclic) bond motifs is 1. The Labute approximate surface area is 69.9 Å². The predicted octanol–water partition coefficient (Wildman–Crippen LogP) is 1.50. The van der Waals surface area contributed by atoms with Gasteiger partial charge in [-0.15, -0.1) is 0 Å². The first kappa shape index (κ1) is 7.31. The van der Waals surface area contributed by atoms with Gasteiger partial charge >= 0.3 is 5.97 Å². The van der Waals surface area contributed by atoms with Crippen LogP contribution in [0.15, 0.2) is 24.3 Å². The van der Waals surface area contributed by atoms with E-state index in [9.17, 15) is 4.79 Å². The molecule has 12 heavy (non-hydrogen) atoms. The summed E-state index contributed by atoms with van der Waals surface area (Å²) in [4.78, 5) is 11.1. The lowest BCUT2D eigenvalue weighted by Crippen LogP contribution is -1.99. The Morgan fingerprint density at radius 1 is 1.42 bits per heavy atom. The largest absolute Gasteiger partial charge is 0.428 e. The summed E-state index contributed by atoms with van der Waals surface area (Å²) in [5.74, 6) is -0.308. The Hall–Kier alpha value is -1.35. The van der Waals surface area contributed by atoms with E-state index in [0.29, 0.717) is 5.56 Å². The SMILES string of the molecule is CO[C@H]1OC(=O)c2ccccc21. The highest BCUT2D eigenvalue weighted by molar-refractivity contribution is 5.93. The topological polar surface area (TPSA) is 35.5 Å². The highest BCUT2D eigenvalue weighted by Crippen LogP contribution is 2.30. The normalized spacial score (nSPS) is 20.4. The predicted molar refractivity (Wildman–Crippen MR) is 41.6 cm³/mol. The zero-order valence-corrected chi connectivity index (χ0v) is 6.61. The second kappa shape index (κ2) is 2.60. The first-order valence-electron chi connectivity index (χ1n) is 3.65. The number of cyclic esters (lactones) is 1. The first-order valence-corrected chi connectivity index (χ1v) is 3.65. The number of benzene rings is 1. The van der Waals surface area contributed by atoms with E-state index in [1.807, 2.05) is 12.1 Å². The minimum absolute atomic E-state index is 0.308. The summed E-state index contributed by atoms with van der Waals surface area (Å²) >= 11 is 0. The van der Waals surface area contributed by atoms with Crippen molar-refractivity contribution in [2.24, 2.45) is 0 Å². The molecule has 2 rings (SSSR count). The Morgan fingerprint density at radius 2 is 2.17 bits per heavy atom. The molecule has 0 aliphatic carbocycles. The summed E-state index contributed by atoms with van der Waals surface area (Å²) in [5, 5.41) is 0. The van der Waals surface area contributed by atoms with Gasteiger partial charge in [0, 0.05) is 12.7 Å². The molecule has 0 spiro atoms. The first-order chi connectivity index (χ1) is 5.83. The van der Waals surface area contributed by atoms with Crippen molar-refractivity contribution in [2.75, 3.05) is 7.11 Å². The second-order valence-corrected chi connectivity index (χ2v) is 2.56. The number of carbonyl (C=O) groups is 1. The lowest BCUT2D eigenvalue weighted by molar-refractivity contribution is -0.0815. The number of hydrogen-bond donors (Lipinski definition) is 0. The molecule has 0 saturated heterocycles. The van der Waals surface area contributed by atoms with E-state index in [1.165, 1.54) is 7.11 Å². The van der Waals surface area contributed by atoms with Gasteiger partial charge in [-0.2, -0.15) is 0 Å². The smallest absolute Gasteiger partial charge is 0.341 e. The average Bonchev–Trinajstić information content (AvgIpc) is 2.44. The van der Waals surface area contributed by atoms with Gasteiger partial charge in [0.2, 0.25) is 6.29 Å². The van der Waals surface area contributed by atoms with Crippen LogP contribution in [0, 0.1) is 0 Å². The maximum absolute atomic E-state index is 11.1. The molecule has 0 N–H and O–H groups in total. The van der Waals surface area contributed by atoms with Gasteiger partial charge in [0.25, 0.3) is 0 Å². The molecule has 1 atom stereocenters. The number of ether oxygens (including phenoxy) is 2. The van der Waals surface area contributed by atoms with E-state index >= 15 is 0 Å². The van der Waals surface area contributed by atoms with Crippen molar-refractivity contribution in [3.8, 4) is 0 Å². The number of hydrogen-bond acceptors (Lipinski definition) is 3. The molecule has 1 aliphatic rings. The summed E-state index contributed by atoms with van der Waals surface area (Å²) in [6, 6.07) is 7.22. The maximum Gasteiger partial charge on any atom is 0.341 e. The van der Waals surface area contributed by atoms with E-state index in [0.717, 1.165) is 5.56 Å². The van der Waals surface area contributed by atoms with Gasteiger partial charge < -0.3 is 9.47 Å².